The molecule has 3 rings (SSSR count). The van der Waals surface area contributed by atoms with Crippen LogP contribution in [0.25, 0.3) is 0 Å². The minimum Gasteiger partial charge on any atom is -0.303 e. The minimum atomic E-state index is 0.0204. The standard InChI is InChI=1S/C12H17N3OS/c1-7-8(2)17-12(13-7)15-6-5-10(11(15)16)14-9-3-4-9/h9-10,14H,3-6H2,1-2H3. The number of hydrogen-bond acceptors (Lipinski definition) is 4. The van der Waals surface area contributed by atoms with Gasteiger partial charge < -0.3 is 5.32 Å². The van der Waals surface area contributed by atoms with Crippen molar-refractivity contribution in [3.05, 3.63) is 10.6 Å². The van der Waals surface area contributed by atoms with E-state index in [0.717, 1.165) is 23.8 Å². The number of nitrogens with zero attached hydrogens (tertiary/aromatic N) is 2. The van der Waals surface area contributed by atoms with Gasteiger partial charge in [-0.3, -0.25) is 9.69 Å². The van der Waals surface area contributed by atoms with Crippen LogP contribution in [0.5, 0.6) is 0 Å². The molecule has 1 aliphatic heterocycles. The van der Waals surface area contributed by atoms with Crippen LogP contribution in [0.4, 0.5) is 5.13 Å². The monoisotopic (exact) mass is 251 g/mol. The van der Waals surface area contributed by atoms with Gasteiger partial charge in [0, 0.05) is 17.5 Å². The van der Waals surface area contributed by atoms with Crippen molar-refractivity contribution in [2.45, 2.75) is 45.2 Å². The fraction of sp³-hybridized carbons (Fsp3) is 0.667. The highest BCUT2D eigenvalue weighted by atomic mass is 32.1. The Morgan fingerprint density at radius 2 is 2.12 bits per heavy atom. The second kappa shape index (κ2) is 4.07. The van der Waals surface area contributed by atoms with E-state index < -0.39 is 0 Å². The number of thiazole rings is 1. The van der Waals surface area contributed by atoms with Gasteiger partial charge in [-0.15, -0.1) is 11.3 Å². The van der Waals surface area contributed by atoms with Crippen molar-refractivity contribution in [1.29, 1.82) is 0 Å². The van der Waals surface area contributed by atoms with Gasteiger partial charge in [-0.25, -0.2) is 4.98 Å². The maximum absolute atomic E-state index is 12.2. The third-order valence-corrected chi connectivity index (χ3v) is 4.56. The lowest BCUT2D eigenvalue weighted by Gasteiger charge is -2.13. The number of carbonyl (C=O) groups excluding carboxylic acids is 1. The smallest absolute Gasteiger partial charge is 0.245 e. The zero-order chi connectivity index (χ0) is 12.0. The molecule has 0 spiro atoms. The first kappa shape index (κ1) is 11.2. The Morgan fingerprint density at radius 3 is 2.71 bits per heavy atom. The first-order valence-corrected chi connectivity index (χ1v) is 6.98. The summed E-state index contributed by atoms with van der Waals surface area (Å²) in [5.41, 5.74) is 1.04. The number of anilines is 1. The second-order valence-electron chi connectivity index (χ2n) is 4.91. The molecule has 1 amide bonds. The predicted molar refractivity (Wildman–Crippen MR) is 68.5 cm³/mol. The Kier molecular flexibility index (Phi) is 2.67. The first-order chi connectivity index (χ1) is 8.15. The molecule has 2 aliphatic rings. The van der Waals surface area contributed by atoms with Gasteiger partial charge in [0.1, 0.15) is 0 Å². The molecule has 1 aliphatic carbocycles. The number of rotatable bonds is 3. The normalized spacial score (nSPS) is 24.7. The molecule has 5 heteroatoms. The molecule has 4 nitrogen and oxygen atoms in total. The van der Waals surface area contributed by atoms with E-state index in [1.165, 1.54) is 17.7 Å². The highest BCUT2D eigenvalue weighted by molar-refractivity contribution is 7.15. The van der Waals surface area contributed by atoms with E-state index in [9.17, 15) is 4.79 Å². The quantitative estimate of drug-likeness (QED) is 0.888. The number of amides is 1. The minimum absolute atomic E-state index is 0.0204. The average Bonchev–Trinajstić information content (AvgIpc) is 2.95. The van der Waals surface area contributed by atoms with Gasteiger partial charge in [0.05, 0.1) is 11.7 Å². The molecular weight excluding hydrogens is 234 g/mol. The van der Waals surface area contributed by atoms with Crippen molar-refractivity contribution in [3.63, 3.8) is 0 Å². The third-order valence-electron chi connectivity index (χ3n) is 3.47. The van der Waals surface area contributed by atoms with Gasteiger partial charge in [0.15, 0.2) is 5.13 Å². The molecule has 1 unspecified atom stereocenters. The average molecular weight is 251 g/mol. The van der Waals surface area contributed by atoms with Gasteiger partial charge in [-0.1, -0.05) is 0 Å². The fourth-order valence-electron chi connectivity index (χ4n) is 2.13. The van der Waals surface area contributed by atoms with Gasteiger partial charge in [0.2, 0.25) is 5.91 Å². The van der Waals surface area contributed by atoms with E-state index in [4.69, 9.17) is 0 Å². The summed E-state index contributed by atoms with van der Waals surface area (Å²) in [5.74, 6) is 0.200. The van der Waals surface area contributed by atoms with E-state index in [-0.39, 0.29) is 11.9 Å². The third kappa shape index (κ3) is 2.09. The van der Waals surface area contributed by atoms with Crippen LogP contribution in [-0.2, 0) is 4.79 Å². The summed E-state index contributed by atoms with van der Waals surface area (Å²) >= 11 is 1.62. The number of hydrogen-bond donors (Lipinski definition) is 1. The van der Waals surface area contributed by atoms with Crippen LogP contribution in [0, 0.1) is 13.8 Å². The summed E-state index contributed by atoms with van der Waals surface area (Å²) in [6.07, 6.45) is 3.35. The highest BCUT2D eigenvalue weighted by Crippen LogP contribution is 2.30. The van der Waals surface area contributed by atoms with Crippen LogP contribution in [0.2, 0.25) is 0 Å². The van der Waals surface area contributed by atoms with Crippen LogP contribution in [0.3, 0.4) is 0 Å². The Hall–Kier alpha value is -0.940. The molecule has 1 saturated carbocycles. The Labute approximate surface area is 105 Å². The number of aromatic nitrogens is 1. The zero-order valence-electron chi connectivity index (χ0n) is 10.2. The number of aryl methyl sites for hydroxylation is 2. The Balaban J connectivity index is 1.74. The van der Waals surface area contributed by atoms with Gasteiger partial charge in [-0.05, 0) is 33.1 Å². The molecule has 1 N–H and O–H groups in total. The van der Waals surface area contributed by atoms with Crippen molar-refractivity contribution in [2.75, 3.05) is 11.4 Å². The topological polar surface area (TPSA) is 45.2 Å². The second-order valence-corrected chi connectivity index (χ2v) is 6.09. The van der Waals surface area contributed by atoms with Crippen LogP contribution >= 0.6 is 11.3 Å². The molecule has 1 aromatic heterocycles. The van der Waals surface area contributed by atoms with Crippen molar-refractivity contribution in [2.24, 2.45) is 0 Å². The van der Waals surface area contributed by atoms with Crippen molar-refractivity contribution in [1.82, 2.24) is 10.3 Å². The molecule has 17 heavy (non-hydrogen) atoms. The summed E-state index contributed by atoms with van der Waals surface area (Å²) in [5, 5.41) is 4.28. The maximum atomic E-state index is 12.2. The molecule has 92 valence electrons. The fourth-order valence-corrected chi connectivity index (χ4v) is 3.07. The maximum Gasteiger partial charge on any atom is 0.245 e. The molecule has 1 saturated heterocycles. The lowest BCUT2D eigenvalue weighted by molar-refractivity contribution is -0.118. The van der Waals surface area contributed by atoms with Crippen LogP contribution in [-0.4, -0.2) is 29.5 Å². The van der Waals surface area contributed by atoms with Gasteiger partial charge in [-0.2, -0.15) is 0 Å². The zero-order valence-corrected chi connectivity index (χ0v) is 11.0. The largest absolute Gasteiger partial charge is 0.303 e. The number of carbonyl (C=O) groups is 1. The van der Waals surface area contributed by atoms with Gasteiger partial charge >= 0.3 is 0 Å². The van der Waals surface area contributed by atoms with Crippen molar-refractivity contribution in [3.8, 4) is 0 Å². The SMILES string of the molecule is Cc1nc(N2CCC(NC3CC3)C2=O)sc1C. The molecule has 0 radical (unpaired) electrons. The van der Waals surface area contributed by atoms with E-state index in [0.29, 0.717) is 6.04 Å². The van der Waals surface area contributed by atoms with E-state index in [2.05, 4.69) is 17.2 Å². The predicted octanol–water partition coefficient (Wildman–Crippen LogP) is 1.62. The molecule has 1 aromatic rings. The van der Waals surface area contributed by atoms with Crippen LogP contribution in [0.15, 0.2) is 0 Å². The van der Waals surface area contributed by atoms with Crippen LogP contribution < -0.4 is 10.2 Å². The molecule has 2 heterocycles. The summed E-state index contributed by atoms with van der Waals surface area (Å²) in [6.45, 7) is 4.85. The van der Waals surface area contributed by atoms with E-state index in [1.807, 2.05) is 11.8 Å². The van der Waals surface area contributed by atoms with E-state index in [1.54, 1.807) is 11.3 Å². The Morgan fingerprint density at radius 1 is 1.35 bits per heavy atom. The van der Waals surface area contributed by atoms with Gasteiger partial charge in [0.25, 0.3) is 0 Å². The summed E-state index contributed by atoms with van der Waals surface area (Å²) < 4.78 is 0. The lowest BCUT2D eigenvalue weighted by Crippen LogP contribution is -2.39. The summed E-state index contributed by atoms with van der Waals surface area (Å²) in [7, 11) is 0. The lowest BCUT2D eigenvalue weighted by atomic mass is 10.2. The summed E-state index contributed by atoms with van der Waals surface area (Å²) in [4.78, 5) is 19.7. The van der Waals surface area contributed by atoms with Crippen LogP contribution in [0.1, 0.15) is 29.8 Å². The molecule has 0 aromatic carbocycles. The van der Waals surface area contributed by atoms with Crippen molar-refractivity contribution >= 4 is 22.4 Å². The Bertz CT molecular complexity index is 433. The molecular formula is C12H17N3OS. The number of nitrogens with one attached hydrogen (secondary N) is 1. The van der Waals surface area contributed by atoms with E-state index >= 15 is 0 Å². The summed E-state index contributed by atoms with van der Waals surface area (Å²) in [6, 6.07) is 0.607. The molecule has 1 atom stereocenters. The molecule has 2 fully saturated rings. The first-order valence-electron chi connectivity index (χ1n) is 6.16. The van der Waals surface area contributed by atoms with Crippen molar-refractivity contribution < 1.29 is 4.79 Å². The molecule has 0 bridgehead atoms. The highest BCUT2D eigenvalue weighted by Gasteiger charge is 2.37.